The first kappa shape index (κ1) is 14.9. The van der Waals surface area contributed by atoms with Gasteiger partial charge in [-0.25, -0.2) is 8.42 Å². The average molecular weight is 331 g/mol. The van der Waals surface area contributed by atoms with E-state index >= 15 is 0 Å². The van der Waals surface area contributed by atoms with Gasteiger partial charge in [0.25, 0.3) is 15.0 Å². The van der Waals surface area contributed by atoms with Crippen molar-refractivity contribution >= 4 is 25.6 Å². The first-order valence-electron chi connectivity index (χ1n) is 7.36. The lowest BCUT2D eigenvalue weighted by Crippen LogP contribution is -2.38. The Morgan fingerprint density at radius 2 is 2.19 bits per heavy atom. The molecule has 2 aliphatic rings. The van der Waals surface area contributed by atoms with E-state index in [9.17, 15) is 13.2 Å². The summed E-state index contributed by atoms with van der Waals surface area (Å²) in [7, 11) is 1.60. The van der Waals surface area contributed by atoms with Crippen molar-refractivity contribution in [1.82, 2.24) is 9.47 Å². The number of likely N-dealkylation sites (tertiary alicyclic amines) is 1. The fourth-order valence-electron chi connectivity index (χ4n) is 3.54. The van der Waals surface area contributed by atoms with Gasteiger partial charge >= 0.3 is 0 Å². The van der Waals surface area contributed by atoms with Crippen molar-refractivity contribution in [2.45, 2.75) is 50.1 Å². The molecule has 2 heterocycles. The molecule has 21 heavy (non-hydrogen) atoms. The second-order valence-electron chi connectivity index (χ2n) is 5.98. The Bertz CT molecular complexity index is 668. The SMILES string of the molecule is CCCn1cc(S(=O)(=O)Cl)cc1C(=O)N1CC2CCC1C2. The van der Waals surface area contributed by atoms with Crippen LogP contribution in [0.5, 0.6) is 0 Å². The Morgan fingerprint density at radius 3 is 2.71 bits per heavy atom. The van der Waals surface area contributed by atoms with Gasteiger partial charge in [0, 0.05) is 36.0 Å². The average Bonchev–Trinajstić information content (AvgIpc) is 3.11. The quantitative estimate of drug-likeness (QED) is 0.797. The third-order valence-electron chi connectivity index (χ3n) is 4.51. The lowest BCUT2D eigenvalue weighted by atomic mass is 10.1. The largest absolute Gasteiger partial charge is 0.342 e. The molecule has 2 unspecified atom stereocenters. The van der Waals surface area contributed by atoms with Gasteiger partial charge in [-0.3, -0.25) is 4.79 Å². The summed E-state index contributed by atoms with van der Waals surface area (Å²) in [6.45, 7) is 3.39. The van der Waals surface area contributed by atoms with Crippen LogP contribution in [0.25, 0.3) is 0 Å². The molecule has 1 aromatic rings. The molecule has 1 saturated heterocycles. The summed E-state index contributed by atoms with van der Waals surface area (Å²) in [5.41, 5.74) is 0.434. The zero-order chi connectivity index (χ0) is 15.2. The summed E-state index contributed by atoms with van der Waals surface area (Å²) in [6, 6.07) is 1.73. The minimum Gasteiger partial charge on any atom is -0.342 e. The van der Waals surface area contributed by atoms with E-state index in [2.05, 4.69) is 0 Å². The van der Waals surface area contributed by atoms with Gasteiger partial charge in [-0.2, -0.15) is 0 Å². The van der Waals surface area contributed by atoms with E-state index < -0.39 is 9.05 Å². The summed E-state index contributed by atoms with van der Waals surface area (Å²) in [6.07, 6.45) is 5.63. The van der Waals surface area contributed by atoms with E-state index in [4.69, 9.17) is 10.7 Å². The number of carbonyl (C=O) groups excluding carboxylic acids is 1. The molecule has 2 bridgehead atoms. The molecule has 1 saturated carbocycles. The number of carbonyl (C=O) groups is 1. The molecule has 116 valence electrons. The van der Waals surface area contributed by atoms with E-state index in [-0.39, 0.29) is 10.8 Å². The number of aromatic nitrogens is 1. The molecule has 0 radical (unpaired) electrons. The second kappa shape index (κ2) is 5.32. The Labute approximate surface area is 129 Å². The monoisotopic (exact) mass is 330 g/mol. The first-order chi connectivity index (χ1) is 9.90. The van der Waals surface area contributed by atoms with Crippen LogP contribution in [-0.2, 0) is 15.6 Å². The number of halogens is 1. The van der Waals surface area contributed by atoms with Crippen molar-refractivity contribution in [2.24, 2.45) is 5.92 Å². The highest BCUT2D eigenvalue weighted by Crippen LogP contribution is 2.38. The normalized spacial score (nSPS) is 24.8. The topological polar surface area (TPSA) is 59.4 Å². The van der Waals surface area contributed by atoms with Gasteiger partial charge in [-0.05, 0) is 37.7 Å². The summed E-state index contributed by atoms with van der Waals surface area (Å²) >= 11 is 0. The van der Waals surface area contributed by atoms with Gasteiger partial charge in [-0.15, -0.1) is 0 Å². The number of rotatable bonds is 4. The predicted molar refractivity (Wildman–Crippen MR) is 79.9 cm³/mol. The maximum absolute atomic E-state index is 12.7. The third-order valence-corrected chi connectivity index (χ3v) is 5.83. The molecule has 1 aromatic heterocycles. The minimum absolute atomic E-state index is 0.00493. The van der Waals surface area contributed by atoms with Gasteiger partial charge in [-0.1, -0.05) is 6.92 Å². The Hall–Kier alpha value is -1.01. The highest BCUT2D eigenvalue weighted by Gasteiger charge is 2.41. The van der Waals surface area contributed by atoms with Crippen LogP contribution >= 0.6 is 10.7 Å². The Kier molecular flexibility index (Phi) is 3.78. The number of fused-ring (bicyclic) bond motifs is 2. The Balaban J connectivity index is 1.93. The standard InChI is InChI=1S/C14H19ClN2O3S/c1-2-5-16-9-12(21(15,19)20)7-13(16)14(18)17-8-10-3-4-11(17)6-10/h7,9-11H,2-6,8H2,1H3. The van der Waals surface area contributed by atoms with Crippen LogP contribution in [0.3, 0.4) is 0 Å². The third kappa shape index (κ3) is 2.71. The molecular weight excluding hydrogens is 312 g/mol. The molecular formula is C14H19ClN2O3S. The van der Waals surface area contributed by atoms with Gasteiger partial charge in [0.15, 0.2) is 0 Å². The van der Waals surface area contributed by atoms with Crippen LogP contribution < -0.4 is 0 Å². The number of aryl methyl sites for hydroxylation is 1. The highest BCUT2D eigenvalue weighted by atomic mass is 35.7. The number of amides is 1. The van der Waals surface area contributed by atoms with Crippen molar-refractivity contribution in [3.63, 3.8) is 0 Å². The zero-order valence-electron chi connectivity index (χ0n) is 12.0. The van der Waals surface area contributed by atoms with Crippen LogP contribution in [0.2, 0.25) is 0 Å². The molecule has 2 atom stereocenters. The smallest absolute Gasteiger partial charge is 0.270 e. The van der Waals surface area contributed by atoms with E-state index in [1.165, 1.54) is 18.7 Å². The van der Waals surface area contributed by atoms with Crippen LogP contribution in [0, 0.1) is 5.92 Å². The maximum atomic E-state index is 12.7. The molecule has 0 spiro atoms. The van der Waals surface area contributed by atoms with Crippen molar-refractivity contribution < 1.29 is 13.2 Å². The molecule has 7 heteroatoms. The summed E-state index contributed by atoms with van der Waals surface area (Å²) in [5, 5.41) is 0. The predicted octanol–water partition coefficient (Wildman–Crippen LogP) is 2.45. The number of nitrogens with zero attached hydrogens (tertiary/aromatic N) is 2. The molecule has 5 nitrogen and oxygen atoms in total. The van der Waals surface area contributed by atoms with Crippen LogP contribution in [-0.4, -0.2) is 36.4 Å². The van der Waals surface area contributed by atoms with Crippen molar-refractivity contribution in [1.29, 1.82) is 0 Å². The molecule has 0 aromatic carbocycles. The lowest BCUT2D eigenvalue weighted by molar-refractivity contribution is 0.0692. The van der Waals surface area contributed by atoms with E-state index in [0.717, 1.165) is 25.8 Å². The van der Waals surface area contributed by atoms with Gasteiger partial charge in [0.05, 0.1) is 0 Å². The van der Waals surface area contributed by atoms with Crippen LogP contribution in [0.1, 0.15) is 43.1 Å². The van der Waals surface area contributed by atoms with Crippen molar-refractivity contribution in [2.75, 3.05) is 6.54 Å². The molecule has 0 N–H and O–H groups in total. The zero-order valence-corrected chi connectivity index (χ0v) is 13.5. The number of hydrogen-bond acceptors (Lipinski definition) is 3. The number of hydrogen-bond donors (Lipinski definition) is 0. The lowest BCUT2D eigenvalue weighted by Gasteiger charge is -2.27. The van der Waals surface area contributed by atoms with Crippen molar-refractivity contribution in [3.05, 3.63) is 18.0 Å². The molecule has 3 rings (SSSR count). The van der Waals surface area contributed by atoms with Crippen LogP contribution in [0.4, 0.5) is 0 Å². The van der Waals surface area contributed by atoms with Gasteiger partial charge < -0.3 is 9.47 Å². The fraction of sp³-hybridized carbons (Fsp3) is 0.643. The minimum atomic E-state index is -3.81. The van der Waals surface area contributed by atoms with E-state index in [1.54, 1.807) is 4.57 Å². The Morgan fingerprint density at radius 1 is 1.43 bits per heavy atom. The maximum Gasteiger partial charge on any atom is 0.270 e. The summed E-state index contributed by atoms with van der Waals surface area (Å²) < 4.78 is 24.7. The van der Waals surface area contributed by atoms with E-state index in [1.807, 2.05) is 11.8 Å². The molecule has 1 aliphatic heterocycles. The fourth-order valence-corrected chi connectivity index (χ4v) is 4.30. The summed E-state index contributed by atoms with van der Waals surface area (Å²) in [4.78, 5) is 14.6. The molecule has 1 amide bonds. The first-order valence-corrected chi connectivity index (χ1v) is 9.67. The molecule has 2 fully saturated rings. The van der Waals surface area contributed by atoms with Gasteiger partial charge in [0.2, 0.25) is 0 Å². The second-order valence-corrected chi connectivity index (χ2v) is 8.55. The van der Waals surface area contributed by atoms with E-state index in [0.29, 0.717) is 24.2 Å². The summed E-state index contributed by atoms with van der Waals surface area (Å²) in [5.74, 6) is 0.548. The highest BCUT2D eigenvalue weighted by molar-refractivity contribution is 8.13. The number of piperidine rings is 1. The van der Waals surface area contributed by atoms with Gasteiger partial charge in [0.1, 0.15) is 10.6 Å². The van der Waals surface area contributed by atoms with Crippen LogP contribution in [0.15, 0.2) is 17.2 Å². The van der Waals surface area contributed by atoms with Crippen molar-refractivity contribution in [3.8, 4) is 0 Å². The molecule has 1 aliphatic carbocycles.